The van der Waals surface area contributed by atoms with Gasteiger partial charge in [-0.3, -0.25) is 37.3 Å². The Morgan fingerprint density at radius 2 is 0.426 bits per heavy atom. The number of hydrogen-bond donors (Lipinski definition) is 3. The van der Waals surface area contributed by atoms with Gasteiger partial charge in [0.25, 0.3) is 0 Å². The number of aliphatic hydroxyl groups excluding tert-OH is 1. The van der Waals surface area contributed by atoms with Crippen LogP contribution in [-0.4, -0.2) is 96.7 Å². The molecule has 0 aliphatic heterocycles. The zero-order valence-corrected chi connectivity index (χ0v) is 62.7. The average molecular weight is 1380 g/mol. The zero-order valence-electron chi connectivity index (χ0n) is 60.9. The van der Waals surface area contributed by atoms with Gasteiger partial charge < -0.3 is 33.8 Å². The van der Waals surface area contributed by atoms with Crippen LogP contribution < -0.4 is 0 Å². The highest BCUT2D eigenvalue weighted by Gasteiger charge is 2.30. The molecule has 0 aromatic carbocycles. The Morgan fingerprint density at radius 1 is 0.255 bits per heavy atom. The highest BCUT2D eigenvalue weighted by molar-refractivity contribution is 7.47. The van der Waals surface area contributed by atoms with Gasteiger partial charge in [0.15, 0.2) is 12.2 Å². The fourth-order valence-electron chi connectivity index (χ4n) is 11.6. The van der Waals surface area contributed by atoms with Crippen LogP contribution >= 0.6 is 15.6 Å². The number of rotatable bonds is 76. The number of phosphoric acid groups is 2. The van der Waals surface area contributed by atoms with Gasteiger partial charge in [-0.25, -0.2) is 9.13 Å². The van der Waals surface area contributed by atoms with Gasteiger partial charge in [0, 0.05) is 25.7 Å². The minimum absolute atomic E-state index is 0.108. The van der Waals surface area contributed by atoms with E-state index < -0.39 is 97.5 Å². The maximum atomic E-state index is 13.1. The third-order valence-corrected chi connectivity index (χ3v) is 19.5. The second kappa shape index (κ2) is 69.5. The monoisotopic (exact) mass is 1380 g/mol. The number of phosphoric ester groups is 2. The Labute approximate surface area is 575 Å². The van der Waals surface area contributed by atoms with E-state index in [2.05, 4.69) is 27.7 Å². The molecule has 0 spiro atoms. The van der Waals surface area contributed by atoms with Crippen LogP contribution in [0.25, 0.3) is 0 Å². The minimum atomic E-state index is -4.95. The second-order valence-electron chi connectivity index (χ2n) is 27.0. The van der Waals surface area contributed by atoms with E-state index in [1.165, 1.54) is 218 Å². The fourth-order valence-corrected chi connectivity index (χ4v) is 13.2. The molecule has 0 saturated heterocycles. The zero-order chi connectivity index (χ0) is 69.0. The van der Waals surface area contributed by atoms with E-state index in [9.17, 15) is 43.2 Å². The summed E-state index contributed by atoms with van der Waals surface area (Å²) >= 11 is 0. The molecule has 0 aromatic rings. The first-order chi connectivity index (χ1) is 45.7. The molecule has 558 valence electrons. The second-order valence-corrected chi connectivity index (χ2v) is 29.9. The predicted octanol–water partition coefficient (Wildman–Crippen LogP) is 22.2. The normalized spacial score (nSPS) is 13.9. The number of aliphatic hydroxyl groups is 1. The Balaban J connectivity index is 5.19. The molecule has 0 amide bonds. The van der Waals surface area contributed by atoms with Crippen molar-refractivity contribution in [2.75, 3.05) is 39.6 Å². The van der Waals surface area contributed by atoms with Crippen LogP contribution in [0.4, 0.5) is 0 Å². The summed E-state index contributed by atoms with van der Waals surface area (Å²) in [6.07, 6.45) is 59.7. The van der Waals surface area contributed by atoms with Crippen LogP contribution in [0.1, 0.15) is 400 Å². The van der Waals surface area contributed by atoms with Gasteiger partial charge in [0.2, 0.25) is 0 Å². The molecular formula is C75H146O17P2. The van der Waals surface area contributed by atoms with Crippen molar-refractivity contribution in [1.82, 2.24) is 0 Å². The van der Waals surface area contributed by atoms with Crippen molar-refractivity contribution < 1.29 is 80.2 Å². The maximum Gasteiger partial charge on any atom is 0.472 e. The van der Waals surface area contributed by atoms with E-state index in [0.29, 0.717) is 25.7 Å². The molecule has 17 nitrogen and oxygen atoms in total. The summed E-state index contributed by atoms with van der Waals surface area (Å²) in [5, 5.41) is 10.6. The van der Waals surface area contributed by atoms with Crippen molar-refractivity contribution in [3.63, 3.8) is 0 Å². The number of carbonyl (C=O) groups is 4. The van der Waals surface area contributed by atoms with Crippen molar-refractivity contribution in [3.8, 4) is 0 Å². The first-order valence-corrected chi connectivity index (χ1v) is 42.3. The van der Waals surface area contributed by atoms with Crippen molar-refractivity contribution >= 4 is 39.5 Å². The summed E-state index contributed by atoms with van der Waals surface area (Å²) in [6.45, 7) is 4.95. The van der Waals surface area contributed by atoms with E-state index in [1.54, 1.807) is 0 Å². The molecule has 0 rings (SSSR count). The van der Waals surface area contributed by atoms with Gasteiger partial charge in [0.1, 0.15) is 19.3 Å². The summed E-state index contributed by atoms with van der Waals surface area (Å²) in [5.41, 5.74) is 0. The third-order valence-electron chi connectivity index (χ3n) is 17.6. The summed E-state index contributed by atoms with van der Waals surface area (Å²) in [5.74, 6) is -2.12. The van der Waals surface area contributed by atoms with Crippen LogP contribution in [0.2, 0.25) is 0 Å². The van der Waals surface area contributed by atoms with Crippen molar-refractivity contribution in [2.45, 2.75) is 418 Å². The maximum absolute atomic E-state index is 13.1. The summed E-state index contributed by atoms with van der Waals surface area (Å²) in [4.78, 5) is 72.7. The lowest BCUT2D eigenvalue weighted by Gasteiger charge is -2.21. The van der Waals surface area contributed by atoms with Gasteiger partial charge in [0.05, 0.1) is 26.4 Å². The third kappa shape index (κ3) is 68.6. The lowest BCUT2D eigenvalue weighted by molar-refractivity contribution is -0.161. The highest BCUT2D eigenvalue weighted by atomic mass is 31.2. The predicted molar refractivity (Wildman–Crippen MR) is 382 cm³/mol. The Morgan fingerprint density at radius 3 is 0.628 bits per heavy atom. The molecule has 0 aromatic heterocycles. The molecule has 0 aliphatic carbocycles. The minimum Gasteiger partial charge on any atom is -0.462 e. The van der Waals surface area contributed by atoms with Crippen molar-refractivity contribution in [3.05, 3.63) is 0 Å². The van der Waals surface area contributed by atoms with Gasteiger partial charge >= 0.3 is 39.5 Å². The Hall–Kier alpha value is -1.94. The number of carbonyl (C=O) groups excluding carboxylic acids is 4. The number of unbranched alkanes of at least 4 members (excludes halogenated alkanes) is 50. The number of esters is 4. The molecule has 19 heteroatoms. The number of hydrogen-bond acceptors (Lipinski definition) is 15. The van der Waals surface area contributed by atoms with Gasteiger partial charge in [-0.1, -0.05) is 349 Å². The van der Waals surface area contributed by atoms with Gasteiger partial charge in [-0.2, -0.15) is 0 Å². The summed E-state index contributed by atoms with van der Waals surface area (Å²) < 4.78 is 68.4. The fraction of sp³-hybridized carbons (Fsp3) is 0.947. The first-order valence-electron chi connectivity index (χ1n) is 39.3. The average Bonchev–Trinajstić information content (AvgIpc) is 2.28. The first kappa shape index (κ1) is 92.1. The van der Waals surface area contributed by atoms with E-state index in [0.717, 1.165) is 103 Å². The molecule has 0 aliphatic rings. The van der Waals surface area contributed by atoms with E-state index in [4.69, 9.17) is 37.0 Å². The molecule has 0 saturated carbocycles. The van der Waals surface area contributed by atoms with Crippen molar-refractivity contribution in [2.24, 2.45) is 0 Å². The molecule has 2 unspecified atom stereocenters. The molecule has 94 heavy (non-hydrogen) atoms. The molecule has 0 bridgehead atoms. The summed E-state index contributed by atoms with van der Waals surface area (Å²) in [6, 6.07) is 0. The molecule has 5 atom stereocenters. The molecule has 0 fully saturated rings. The molecule has 0 heterocycles. The molecular weight excluding hydrogens is 1230 g/mol. The Kier molecular flexibility index (Phi) is 68.1. The van der Waals surface area contributed by atoms with Crippen LogP contribution in [0.3, 0.4) is 0 Å². The Bertz CT molecular complexity index is 1790. The number of ether oxygens (including phenoxy) is 4. The quantitative estimate of drug-likeness (QED) is 0.0222. The van der Waals surface area contributed by atoms with E-state index in [-0.39, 0.29) is 25.7 Å². The van der Waals surface area contributed by atoms with E-state index >= 15 is 0 Å². The summed E-state index contributed by atoms with van der Waals surface area (Å²) in [7, 11) is -9.90. The largest absolute Gasteiger partial charge is 0.472 e. The highest BCUT2D eigenvalue weighted by Crippen LogP contribution is 2.45. The van der Waals surface area contributed by atoms with Gasteiger partial charge in [-0.15, -0.1) is 0 Å². The smallest absolute Gasteiger partial charge is 0.462 e. The van der Waals surface area contributed by atoms with Crippen LogP contribution in [0.15, 0.2) is 0 Å². The van der Waals surface area contributed by atoms with Crippen molar-refractivity contribution in [1.29, 1.82) is 0 Å². The molecule has 3 N–H and O–H groups in total. The van der Waals surface area contributed by atoms with Crippen LogP contribution in [0.5, 0.6) is 0 Å². The SMILES string of the molecule is CCCCCCCCCCCCCCCCCCCC(=O)O[C@H](COC(=O)CCCCCCCCCCCCCCCCCC)COP(=O)(O)OC[C@@H](O)COP(=O)(O)OC[C@@H](COC(=O)CCCCCCCCC)OC(=O)CCCCCCCCCCCCCCCC. The standard InChI is InChI=1S/C75H146O17P2/c1-5-9-13-17-21-24-27-30-33-35-37-40-43-46-50-54-58-62-75(80)92-71(66-86-73(78)60-56-52-48-44-41-39-36-34-31-28-25-22-18-14-10-6-2)68-90-94(83,84)88-64-69(76)63-87-93(81,82)89-67-70(65-85-72(77)59-55-51-47-20-16-12-8-4)91-74(79)61-57-53-49-45-42-38-32-29-26-23-19-15-11-7-3/h69-71,76H,5-68H2,1-4H3,(H,81,82)(H,83,84)/t69-,70+,71+/m0/s1. The van der Waals surface area contributed by atoms with Gasteiger partial charge in [-0.05, 0) is 25.7 Å². The van der Waals surface area contributed by atoms with Crippen LogP contribution in [-0.2, 0) is 65.4 Å². The topological polar surface area (TPSA) is 237 Å². The lowest BCUT2D eigenvalue weighted by Crippen LogP contribution is -2.30. The lowest BCUT2D eigenvalue weighted by atomic mass is 10.0. The van der Waals surface area contributed by atoms with Crippen LogP contribution in [0, 0.1) is 0 Å². The molecule has 0 radical (unpaired) electrons. The van der Waals surface area contributed by atoms with E-state index in [1.807, 2.05) is 0 Å².